The molecule has 98 valence electrons. The van der Waals surface area contributed by atoms with Crippen LogP contribution in [0.3, 0.4) is 0 Å². The van der Waals surface area contributed by atoms with E-state index < -0.39 is 0 Å². The van der Waals surface area contributed by atoms with Gasteiger partial charge >= 0.3 is 0 Å². The van der Waals surface area contributed by atoms with Gasteiger partial charge in [-0.05, 0) is 40.2 Å². The van der Waals surface area contributed by atoms with Crippen LogP contribution in [-0.4, -0.2) is 18.9 Å². The first-order valence-corrected chi connectivity index (χ1v) is 7.15. The van der Waals surface area contributed by atoms with Crippen molar-refractivity contribution in [3.8, 4) is 0 Å². The summed E-state index contributed by atoms with van der Waals surface area (Å²) in [6.07, 6.45) is 0. The van der Waals surface area contributed by atoms with E-state index in [0.29, 0.717) is 16.8 Å². The van der Waals surface area contributed by atoms with Crippen LogP contribution in [0.4, 0.5) is 5.69 Å². The molecule has 0 saturated heterocycles. The van der Waals surface area contributed by atoms with Crippen LogP contribution in [0.25, 0.3) is 0 Å². The van der Waals surface area contributed by atoms with Crippen molar-refractivity contribution in [2.24, 2.45) is 0 Å². The van der Waals surface area contributed by atoms with Crippen molar-refractivity contribution in [1.82, 2.24) is 5.32 Å². The van der Waals surface area contributed by atoms with Gasteiger partial charge in [0, 0.05) is 23.7 Å². The second-order valence-electron chi connectivity index (χ2n) is 3.75. The highest BCUT2D eigenvalue weighted by molar-refractivity contribution is 9.11. The number of amides is 2. The molecule has 0 aliphatic heterocycles. The molecule has 2 amide bonds. The van der Waals surface area contributed by atoms with Crippen LogP contribution in [-0.2, 0) is 0 Å². The van der Waals surface area contributed by atoms with Crippen molar-refractivity contribution in [1.29, 1.82) is 0 Å². The van der Waals surface area contributed by atoms with Crippen LogP contribution in [0.15, 0.2) is 39.5 Å². The molecular formula is C13H11BrN2O2S. The van der Waals surface area contributed by atoms with Crippen molar-refractivity contribution in [2.75, 3.05) is 12.4 Å². The monoisotopic (exact) mass is 338 g/mol. The van der Waals surface area contributed by atoms with Crippen LogP contribution in [0.1, 0.15) is 20.7 Å². The van der Waals surface area contributed by atoms with Gasteiger partial charge in [0.25, 0.3) is 11.8 Å². The summed E-state index contributed by atoms with van der Waals surface area (Å²) in [6.45, 7) is 0. The molecule has 0 spiro atoms. The van der Waals surface area contributed by atoms with Gasteiger partial charge in [-0.3, -0.25) is 9.59 Å². The van der Waals surface area contributed by atoms with Crippen molar-refractivity contribution in [3.63, 3.8) is 0 Å². The van der Waals surface area contributed by atoms with Crippen molar-refractivity contribution in [2.45, 2.75) is 0 Å². The third-order valence-corrected chi connectivity index (χ3v) is 3.94. The number of carbonyl (C=O) groups is 2. The third kappa shape index (κ3) is 3.42. The lowest BCUT2D eigenvalue weighted by molar-refractivity contribution is 0.0961. The number of hydrogen-bond donors (Lipinski definition) is 2. The number of anilines is 1. The Balaban J connectivity index is 2.15. The first-order chi connectivity index (χ1) is 9.10. The Morgan fingerprint density at radius 3 is 2.58 bits per heavy atom. The fraction of sp³-hybridized carbons (Fsp3) is 0.0769. The standard InChI is InChI=1S/C13H11BrN2O2S/c1-15-12(17)8-3-2-4-10(5-8)16-13(18)9-6-11(14)19-7-9/h2-7H,1H3,(H,15,17)(H,16,18). The number of benzene rings is 1. The van der Waals surface area contributed by atoms with E-state index in [-0.39, 0.29) is 11.8 Å². The van der Waals surface area contributed by atoms with Crippen molar-refractivity contribution in [3.05, 3.63) is 50.6 Å². The molecule has 2 rings (SSSR count). The maximum absolute atomic E-state index is 12.0. The topological polar surface area (TPSA) is 58.2 Å². The van der Waals surface area contributed by atoms with E-state index in [1.165, 1.54) is 11.3 Å². The molecule has 19 heavy (non-hydrogen) atoms. The molecule has 0 unspecified atom stereocenters. The Morgan fingerprint density at radius 1 is 1.16 bits per heavy atom. The van der Waals surface area contributed by atoms with Crippen LogP contribution in [0.5, 0.6) is 0 Å². The fourth-order valence-electron chi connectivity index (χ4n) is 1.51. The van der Waals surface area contributed by atoms with E-state index in [4.69, 9.17) is 0 Å². The summed E-state index contributed by atoms with van der Waals surface area (Å²) in [5, 5.41) is 7.06. The van der Waals surface area contributed by atoms with E-state index in [1.807, 2.05) is 0 Å². The molecule has 0 fully saturated rings. The third-order valence-electron chi connectivity index (χ3n) is 2.44. The molecule has 0 saturated carbocycles. The molecule has 0 aliphatic rings. The van der Waals surface area contributed by atoms with Crippen LogP contribution >= 0.6 is 27.3 Å². The summed E-state index contributed by atoms with van der Waals surface area (Å²) in [6, 6.07) is 8.55. The average molecular weight is 339 g/mol. The average Bonchev–Trinajstić information content (AvgIpc) is 2.85. The lowest BCUT2D eigenvalue weighted by atomic mass is 10.2. The number of hydrogen-bond acceptors (Lipinski definition) is 3. The largest absolute Gasteiger partial charge is 0.355 e. The predicted octanol–water partition coefficient (Wildman–Crippen LogP) is 3.12. The minimum Gasteiger partial charge on any atom is -0.355 e. The van der Waals surface area contributed by atoms with Gasteiger partial charge < -0.3 is 10.6 Å². The summed E-state index contributed by atoms with van der Waals surface area (Å²) in [5.41, 5.74) is 1.68. The lowest BCUT2D eigenvalue weighted by Gasteiger charge is -2.06. The summed E-state index contributed by atoms with van der Waals surface area (Å²) >= 11 is 4.76. The van der Waals surface area contributed by atoms with Crippen LogP contribution in [0.2, 0.25) is 0 Å². The number of halogens is 1. The quantitative estimate of drug-likeness (QED) is 0.903. The molecule has 0 aliphatic carbocycles. The maximum atomic E-state index is 12.0. The highest BCUT2D eigenvalue weighted by Crippen LogP contribution is 2.21. The van der Waals surface area contributed by atoms with Gasteiger partial charge in [0.05, 0.1) is 9.35 Å². The van der Waals surface area contributed by atoms with Crippen molar-refractivity contribution >= 4 is 44.8 Å². The highest BCUT2D eigenvalue weighted by atomic mass is 79.9. The molecule has 0 bridgehead atoms. The summed E-state index contributed by atoms with van der Waals surface area (Å²) in [5.74, 6) is -0.384. The zero-order valence-electron chi connectivity index (χ0n) is 10.1. The van der Waals surface area contributed by atoms with Crippen molar-refractivity contribution < 1.29 is 9.59 Å². The minimum absolute atomic E-state index is 0.186. The van der Waals surface area contributed by atoms with E-state index in [9.17, 15) is 9.59 Å². The second-order valence-corrected chi connectivity index (χ2v) is 6.04. The van der Waals surface area contributed by atoms with Gasteiger partial charge in [-0.25, -0.2) is 0 Å². The molecule has 0 radical (unpaired) electrons. The molecule has 1 heterocycles. The molecular weight excluding hydrogens is 328 g/mol. The summed E-state index contributed by atoms with van der Waals surface area (Å²) in [4.78, 5) is 23.4. The Kier molecular flexibility index (Phi) is 4.34. The molecule has 2 N–H and O–H groups in total. The lowest BCUT2D eigenvalue weighted by Crippen LogP contribution is -2.18. The molecule has 1 aromatic heterocycles. The smallest absolute Gasteiger partial charge is 0.256 e. The molecule has 6 heteroatoms. The van der Waals surface area contributed by atoms with Crippen LogP contribution in [0, 0.1) is 0 Å². The Labute approximate surface area is 123 Å². The molecule has 4 nitrogen and oxygen atoms in total. The van der Waals surface area contributed by atoms with Crippen LogP contribution < -0.4 is 10.6 Å². The zero-order chi connectivity index (χ0) is 13.8. The minimum atomic E-state index is -0.198. The number of thiophene rings is 1. The summed E-state index contributed by atoms with van der Waals surface area (Å²) < 4.78 is 0.900. The van der Waals surface area contributed by atoms with Gasteiger partial charge in [-0.15, -0.1) is 11.3 Å². The Morgan fingerprint density at radius 2 is 1.95 bits per heavy atom. The van der Waals surface area contributed by atoms with Gasteiger partial charge in [0.2, 0.25) is 0 Å². The van der Waals surface area contributed by atoms with E-state index in [0.717, 1.165) is 3.79 Å². The fourth-order valence-corrected chi connectivity index (χ4v) is 2.65. The zero-order valence-corrected chi connectivity index (χ0v) is 12.5. The maximum Gasteiger partial charge on any atom is 0.256 e. The highest BCUT2D eigenvalue weighted by Gasteiger charge is 2.09. The second kappa shape index (κ2) is 5.99. The van der Waals surface area contributed by atoms with Gasteiger partial charge in [-0.2, -0.15) is 0 Å². The number of rotatable bonds is 3. The molecule has 1 aromatic carbocycles. The Bertz CT molecular complexity index is 625. The number of nitrogens with one attached hydrogen (secondary N) is 2. The first kappa shape index (κ1) is 13.8. The molecule has 2 aromatic rings. The van der Waals surface area contributed by atoms with Gasteiger partial charge in [0.1, 0.15) is 0 Å². The van der Waals surface area contributed by atoms with E-state index in [2.05, 4.69) is 26.6 Å². The SMILES string of the molecule is CNC(=O)c1cccc(NC(=O)c2csc(Br)c2)c1. The normalized spacial score (nSPS) is 10.0. The first-order valence-electron chi connectivity index (χ1n) is 5.47. The molecule has 0 atom stereocenters. The van der Waals surface area contributed by atoms with Gasteiger partial charge in [-0.1, -0.05) is 6.07 Å². The summed E-state index contributed by atoms with van der Waals surface area (Å²) in [7, 11) is 1.57. The Hall–Kier alpha value is -1.66. The number of carbonyl (C=O) groups excluding carboxylic acids is 2. The van der Waals surface area contributed by atoms with Gasteiger partial charge in [0.15, 0.2) is 0 Å². The predicted molar refractivity (Wildman–Crippen MR) is 79.8 cm³/mol. The van der Waals surface area contributed by atoms with E-state index >= 15 is 0 Å². The van der Waals surface area contributed by atoms with E-state index in [1.54, 1.807) is 42.8 Å².